The summed E-state index contributed by atoms with van der Waals surface area (Å²) in [6, 6.07) is -0.480. The van der Waals surface area contributed by atoms with Gasteiger partial charge in [-0.2, -0.15) is 0 Å². The van der Waals surface area contributed by atoms with Crippen LogP contribution in [0.15, 0.2) is 0 Å². The summed E-state index contributed by atoms with van der Waals surface area (Å²) < 4.78 is 10.3. The maximum atomic E-state index is 11.5. The maximum absolute atomic E-state index is 11.5. The lowest BCUT2D eigenvalue weighted by Crippen LogP contribution is -2.43. The molecule has 2 unspecified atom stereocenters. The fourth-order valence-electron chi connectivity index (χ4n) is 1.37. The van der Waals surface area contributed by atoms with Crippen LogP contribution in [0.2, 0.25) is 0 Å². The first-order valence-corrected chi connectivity index (χ1v) is 5.93. The van der Waals surface area contributed by atoms with E-state index in [1.165, 1.54) is 0 Å². The second-order valence-corrected chi connectivity index (χ2v) is 4.02. The summed E-state index contributed by atoms with van der Waals surface area (Å²) in [5.74, 6) is 4.83. The van der Waals surface area contributed by atoms with Gasteiger partial charge in [-0.25, -0.2) is 5.43 Å². The van der Waals surface area contributed by atoms with E-state index in [0.717, 1.165) is 13.1 Å². The minimum atomic E-state index is -0.480. The van der Waals surface area contributed by atoms with Crippen LogP contribution in [0, 0.1) is 0 Å². The number of hydrogen-bond donors (Lipinski definition) is 2. The molecule has 0 saturated heterocycles. The molecular weight excluding hydrogens is 222 g/mol. The van der Waals surface area contributed by atoms with Crippen LogP contribution in [0.1, 0.15) is 20.8 Å². The Kier molecular flexibility index (Phi) is 8.97. The number of nitrogens with zero attached hydrogens (tertiary/aromatic N) is 1. The van der Waals surface area contributed by atoms with Crippen LogP contribution in [-0.2, 0) is 14.3 Å². The number of hydrazine groups is 1. The van der Waals surface area contributed by atoms with Crippen LogP contribution in [0.25, 0.3) is 0 Å². The molecule has 0 spiro atoms. The summed E-state index contributed by atoms with van der Waals surface area (Å²) in [5, 5.41) is 0. The van der Waals surface area contributed by atoms with Crippen molar-refractivity contribution in [1.29, 1.82) is 0 Å². The Morgan fingerprint density at radius 3 is 2.59 bits per heavy atom. The highest BCUT2D eigenvalue weighted by molar-refractivity contribution is 5.75. The van der Waals surface area contributed by atoms with Crippen LogP contribution >= 0.6 is 0 Å². The highest BCUT2D eigenvalue weighted by Gasteiger charge is 2.17. The van der Waals surface area contributed by atoms with Gasteiger partial charge in [0.05, 0.1) is 6.61 Å². The quantitative estimate of drug-likeness (QED) is 0.332. The summed E-state index contributed by atoms with van der Waals surface area (Å²) in [6.07, 6.45) is -0.157. The molecule has 0 saturated carbocycles. The number of likely N-dealkylation sites (N-methyl/N-ethyl adjacent to an activating group) is 1. The molecule has 0 rings (SSSR count). The van der Waals surface area contributed by atoms with Crippen molar-refractivity contribution in [3.8, 4) is 0 Å². The van der Waals surface area contributed by atoms with E-state index >= 15 is 0 Å². The number of methoxy groups -OCH3 is 1. The SMILES string of the molecule is CCN(CCOC)CC(C)OC(=O)C(C)NN. The van der Waals surface area contributed by atoms with Crippen LogP contribution in [0.3, 0.4) is 0 Å². The van der Waals surface area contributed by atoms with Gasteiger partial charge in [0.1, 0.15) is 12.1 Å². The van der Waals surface area contributed by atoms with Crippen molar-refractivity contribution in [3.05, 3.63) is 0 Å². The lowest BCUT2D eigenvalue weighted by atomic mass is 10.3. The Balaban J connectivity index is 3.96. The zero-order valence-electron chi connectivity index (χ0n) is 11.2. The second-order valence-electron chi connectivity index (χ2n) is 4.02. The van der Waals surface area contributed by atoms with E-state index < -0.39 is 6.04 Å². The third kappa shape index (κ3) is 7.27. The van der Waals surface area contributed by atoms with E-state index in [9.17, 15) is 4.79 Å². The molecule has 0 bridgehead atoms. The number of carbonyl (C=O) groups is 1. The number of nitrogens with one attached hydrogen (secondary N) is 1. The molecule has 0 aliphatic carbocycles. The van der Waals surface area contributed by atoms with Gasteiger partial charge in [0.25, 0.3) is 0 Å². The molecule has 0 fully saturated rings. The van der Waals surface area contributed by atoms with Crippen molar-refractivity contribution in [2.75, 3.05) is 33.4 Å². The topological polar surface area (TPSA) is 76.8 Å². The first-order valence-electron chi connectivity index (χ1n) is 5.93. The van der Waals surface area contributed by atoms with Crippen LogP contribution in [-0.4, -0.2) is 56.4 Å². The Labute approximate surface area is 103 Å². The third-order valence-electron chi connectivity index (χ3n) is 2.50. The molecule has 0 aromatic carbocycles. The zero-order chi connectivity index (χ0) is 13.3. The van der Waals surface area contributed by atoms with Gasteiger partial charge in [0.2, 0.25) is 0 Å². The number of esters is 1. The summed E-state index contributed by atoms with van der Waals surface area (Å²) in [5.41, 5.74) is 2.36. The lowest BCUT2D eigenvalue weighted by molar-refractivity contribution is -0.151. The van der Waals surface area contributed by atoms with Crippen molar-refractivity contribution >= 4 is 5.97 Å². The van der Waals surface area contributed by atoms with Crippen molar-refractivity contribution in [3.63, 3.8) is 0 Å². The summed E-state index contributed by atoms with van der Waals surface area (Å²) in [4.78, 5) is 13.6. The average molecular weight is 247 g/mol. The molecule has 0 amide bonds. The first-order chi connectivity index (χ1) is 8.04. The van der Waals surface area contributed by atoms with Gasteiger partial charge < -0.3 is 9.47 Å². The fraction of sp³-hybridized carbons (Fsp3) is 0.909. The fourth-order valence-corrected chi connectivity index (χ4v) is 1.37. The molecule has 0 aliphatic rings. The molecule has 17 heavy (non-hydrogen) atoms. The molecule has 0 heterocycles. The Morgan fingerprint density at radius 2 is 2.12 bits per heavy atom. The van der Waals surface area contributed by atoms with E-state index in [4.69, 9.17) is 15.3 Å². The van der Waals surface area contributed by atoms with Gasteiger partial charge >= 0.3 is 5.97 Å². The minimum Gasteiger partial charge on any atom is -0.460 e. The molecule has 6 nitrogen and oxygen atoms in total. The standard InChI is InChI=1S/C11H25N3O3/c1-5-14(6-7-16-4)8-9(2)17-11(15)10(3)13-12/h9-10,13H,5-8,12H2,1-4H3. The van der Waals surface area contributed by atoms with Gasteiger partial charge in [-0.15, -0.1) is 0 Å². The zero-order valence-corrected chi connectivity index (χ0v) is 11.2. The Hall–Kier alpha value is -0.690. The predicted octanol–water partition coefficient (Wildman–Crippen LogP) is -0.262. The summed E-state index contributed by atoms with van der Waals surface area (Å²) in [7, 11) is 1.67. The number of rotatable bonds is 9. The Bertz CT molecular complexity index is 214. The van der Waals surface area contributed by atoms with Crippen LogP contribution in [0.5, 0.6) is 0 Å². The van der Waals surface area contributed by atoms with Gasteiger partial charge in [-0.1, -0.05) is 6.92 Å². The van der Waals surface area contributed by atoms with Gasteiger partial charge in [-0.3, -0.25) is 15.5 Å². The smallest absolute Gasteiger partial charge is 0.324 e. The number of nitrogens with two attached hydrogens (primary N) is 1. The van der Waals surface area contributed by atoms with E-state index in [1.54, 1.807) is 14.0 Å². The van der Waals surface area contributed by atoms with E-state index in [-0.39, 0.29) is 12.1 Å². The predicted molar refractivity (Wildman–Crippen MR) is 66.3 cm³/mol. The van der Waals surface area contributed by atoms with Crippen molar-refractivity contribution in [1.82, 2.24) is 10.3 Å². The average Bonchev–Trinajstić information content (AvgIpc) is 2.32. The molecule has 0 radical (unpaired) electrons. The van der Waals surface area contributed by atoms with E-state index in [1.807, 2.05) is 6.92 Å². The number of ether oxygens (including phenoxy) is 2. The van der Waals surface area contributed by atoms with Crippen molar-refractivity contribution < 1.29 is 14.3 Å². The molecule has 3 N–H and O–H groups in total. The molecule has 0 aromatic rings. The minimum absolute atomic E-state index is 0.157. The molecular formula is C11H25N3O3. The van der Waals surface area contributed by atoms with E-state index in [0.29, 0.717) is 13.2 Å². The molecule has 102 valence electrons. The second kappa shape index (κ2) is 9.35. The maximum Gasteiger partial charge on any atom is 0.324 e. The van der Waals surface area contributed by atoms with Crippen LogP contribution in [0.4, 0.5) is 0 Å². The third-order valence-corrected chi connectivity index (χ3v) is 2.50. The lowest BCUT2D eigenvalue weighted by Gasteiger charge is -2.24. The first kappa shape index (κ1) is 16.3. The Morgan fingerprint density at radius 1 is 1.47 bits per heavy atom. The summed E-state index contributed by atoms with van der Waals surface area (Å²) in [6.45, 7) is 8.70. The monoisotopic (exact) mass is 247 g/mol. The van der Waals surface area contributed by atoms with Crippen LogP contribution < -0.4 is 11.3 Å². The molecule has 0 aromatic heterocycles. The normalized spacial score (nSPS) is 14.7. The molecule has 2 atom stereocenters. The van der Waals surface area contributed by atoms with Gasteiger partial charge in [0, 0.05) is 20.2 Å². The highest BCUT2D eigenvalue weighted by Crippen LogP contribution is 1.99. The molecule has 6 heteroatoms. The number of hydrogen-bond acceptors (Lipinski definition) is 6. The number of carbonyl (C=O) groups excluding carboxylic acids is 1. The summed E-state index contributed by atoms with van der Waals surface area (Å²) >= 11 is 0. The van der Waals surface area contributed by atoms with Crippen molar-refractivity contribution in [2.24, 2.45) is 5.84 Å². The van der Waals surface area contributed by atoms with E-state index in [2.05, 4.69) is 17.2 Å². The highest BCUT2D eigenvalue weighted by atomic mass is 16.5. The van der Waals surface area contributed by atoms with Gasteiger partial charge in [0.15, 0.2) is 0 Å². The van der Waals surface area contributed by atoms with Crippen molar-refractivity contribution in [2.45, 2.75) is 32.9 Å². The largest absolute Gasteiger partial charge is 0.460 e. The molecule has 0 aliphatic heterocycles. The van der Waals surface area contributed by atoms with Gasteiger partial charge in [-0.05, 0) is 20.4 Å².